The molecule has 0 spiro atoms. The summed E-state index contributed by atoms with van der Waals surface area (Å²) in [6.07, 6.45) is 0.938. The van der Waals surface area contributed by atoms with Crippen LogP contribution >= 0.6 is 0 Å². The van der Waals surface area contributed by atoms with E-state index in [1.165, 1.54) is 12.1 Å². The lowest BCUT2D eigenvalue weighted by molar-refractivity contribution is -0.124. The Balaban J connectivity index is 2.14. The molecule has 0 aromatic heterocycles. The van der Waals surface area contributed by atoms with E-state index in [-0.39, 0.29) is 11.7 Å². The summed E-state index contributed by atoms with van der Waals surface area (Å²) in [5, 5.41) is 0. The summed E-state index contributed by atoms with van der Waals surface area (Å²) < 4.78 is 36.9. The Labute approximate surface area is 85.3 Å². The normalized spacial score (nSPS) is 17.7. The van der Waals surface area contributed by atoms with Crippen molar-refractivity contribution in [2.75, 3.05) is 0 Å². The van der Waals surface area contributed by atoms with Crippen LogP contribution in [0.1, 0.15) is 24.3 Å². The van der Waals surface area contributed by atoms with Gasteiger partial charge in [-0.1, -0.05) is 24.3 Å². The van der Waals surface area contributed by atoms with Crippen LogP contribution in [-0.2, 0) is 4.79 Å². The van der Waals surface area contributed by atoms with Gasteiger partial charge in [0.15, 0.2) is 0 Å². The molecule has 0 N–H and O–H groups in total. The van der Waals surface area contributed by atoms with Crippen molar-refractivity contribution in [1.29, 1.82) is 0 Å². The van der Waals surface area contributed by atoms with Gasteiger partial charge in [0.05, 0.1) is 0 Å². The molecule has 1 nitrogen and oxygen atoms in total. The largest absolute Gasteiger partial charge is 0.509 e. The molecular formula is C10H9BF3O-. The third kappa shape index (κ3) is 2.06. The molecule has 0 bridgehead atoms. The number of rotatable bonds is 2. The molecule has 1 fully saturated rings. The molecule has 1 aromatic rings. The quantitative estimate of drug-likeness (QED) is 0.688. The molecule has 1 aromatic carbocycles. The summed E-state index contributed by atoms with van der Waals surface area (Å²) in [6, 6.07) is 5.14. The van der Waals surface area contributed by atoms with Crippen molar-refractivity contribution in [3.63, 3.8) is 0 Å². The van der Waals surface area contributed by atoms with Gasteiger partial charge in [-0.3, -0.25) is 4.79 Å². The van der Waals surface area contributed by atoms with Crippen molar-refractivity contribution in [3.05, 3.63) is 29.8 Å². The Morgan fingerprint density at radius 2 is 1.60 bits per heavy atom. The number of hydrogen-bond donors (Lipinski definition) is 0. The lowest BCUT2D eigenvalue weighted by Gasteiger charge is -2.25. The predicted octanol–water partition coefficient (Wildman–Crippen LogP) is 2.19. The molecule has 2 rings (SSSR count). The van der Waals surface area contributed by atoms with Gasteiger partial charge in [0.25, 0.3) is 0 Å². The van der Waals surface area contributed by atoms with Gasteiger partial charge >= 0.3 is 6.98 Å². The zero-order valence-electron chi connectivity index (χ0n) is 7.92. The van der Waals surface area contributed by atoms with Gasteiger partial charge in [0.1, 0.15) is 5.78 Å². The fourth-order valence-corrected chi connectivity index (χ4v) is 1.71. The highest BCUT2D eigenvalue weighted by molar-refractivity contribution is 6.73. The summed E-state index contributed by atoms with van der Waals surface area (Å²) >= 11 is 0. The Morgan fingerprint density at radius 3 is 2.00 bits per heavy atom. The summed E-state index contributed by atoms with van der Waals surface area (Å²) in [5.74, 6) is 0.316. The van der Waals surface area contributed by atoms with Crippen LogP contribution in [0.3, 0.4) is 0 Å². The molecular weight excluding hydrogens is 204 g/mol. The van der Waals surface area contributed by atoms with Gasteiger partial charge in [-0.2, -0.15) is 0 Å². The molecule has 15 heavy (non-hydrogen) atoms. The van der Waals surface area contributed by atoms with Crippen molar-refractivity contribution >= 4 is 18.2 Å². The number of carbonyl (C=O) groups excluding carboxylic acids is 1. The number of Topliss-reactive ketones (excluding diaryl/α,β-unsaturated/α-hetero) is 1. The van der Waals surface area contributed by atoms with Gasteiger partial charge < -0.3 is 12.9 Å². The molecule has 1 aliphatic rings. The highest BCUT2D eigenvalue weighted by Crippen LogP contribution is 2.33. The number of carbonyl (C=O) groups is 1. The fourth-order valence-electron chi connectivity index (χ4n) is 1.71. The van der Waals surface area contributed by atoms with Gasteiger partial charge in [-0.25, -0.2) is 0 Å². The van der Waals surface area contributed by atoms with Crippen LogP contribution in [0.15, 0.2) is 24.3 Å². The molecule has 1 saturated carbocycles. The van der Waals surface area contributed by atoms with E-state index < -0.39 is 12.4 Å². The van der Waals surface area contributed by atoms with Crippen molar-refractivity contribution in [2.24, 2.45) is 0 Å². The van der Waals surface area contributed by atoms with Gasteiger partial charge in [0.2, 0.25) is 0 Å². The summed E-state index contributed by atoms with van der Waals surface area (Å²) in [6.45, 7) is -4.90. The van der Waals surface area contributed by atoms with Crippen LogP contribution in [-0.4, -0.2) is 12.8 Å². The van der Waals surface area contributed by atoms with Crippen molar-refractivity contribution < 1.29 is 17.7 Å². The average Bonchev–Trinajstić information content (AvgIpc) is 2.12. The van der Waals surface area contributed by atoms with Crippen molar-refractivity contribution in [1.82, 2.24) is 0 Å². The molecule has 0 amide bonds. The minimum absolute atomic E-state index is 0.132. The number of hydrogen-bond acceptors (Lipinski definition) is 1. The highest BCUT2D eigenvalue weighted by atomic mass is 19.4. The first-order chi connectivity index (χ1) is 6.97. The lowest BCUT2D eigenvalue weighted by Crippen LogP contribution is -2.34. The molecule has 5 heteroatoms. The van der Waals surface area contributed by atoms with E-state index in [1.807, 2.05) is 0 Å². The third-order valence-electron chi connectivity index (χ3n) is 2.73. The summed E-state index contributed by atoms with van der Waals surface area (Å²) in [7, 11) is 0. The average molecular weight is 213 g/mol. The van der Waals surface area contributed by atoms with Gasteiger partial charge in [-0.05, 0) is 11.5 Å². The van der Waals surface area contributed by atoms with E-state index in [4.69, 9.17) is 0 Å². The first-order valence-corrected chi connectivity index (χ1v) is 4.78. The maximum atomic E-state index is 12.3. The molecule has 0 radical (unpaired) electrons. The maximum Gasteiger partial charge on any atom is 0.509 e. The molecule has 80 valence electrons. The topological polar surface area (TPSA) is 17.1 Å². The Morgan fingerprint density at radius 1 is 1.07 bits per heavy atom. The predicted molar refractivity (Wildman–Crippen MR) is 52.1 cm³/mol. The first-order valence-electron chi connectivity index (χ1n) is 4.78. The Kier molecular flexibility index (Phi) is 2.33. The number of benzene rings is 1. The molecule has 0 saturated heterocycles. The Hall–Kier alpha value is -1.26. The van der Waals surface area contributed by atoms with Crippen LogP contribution < -0.4 is 5.46 Å². The van der Waals surface area contributed by atoms with Crippen LogP contribution in [0.25, 0.3) is 0 Å². The Bertz CT molecular complexity index is 375. The van der Waals surface area contributed by atoms with E-state index in [0.29, 0.717) is 12.8 Å². The van der Waals surface area contributed by atoms with Crippen LogP contribution in [0, 0.1) is 0 Å². The van der Waals surface area contributed by atoms with E-state index in [9.17, 15) is 17.7 Å². The summed E-state index contributed by atoms with van der Waals surface area (Å²) in [5.41, 5.74) is 0.253. The first kappa shape index (κ1) is 10.3. The van der Waals surface area contributed by atoms with Gasteiger partial charge in [-0.15, -0.1) is 5.46 Å². The van der Waals surface area contributed by atoms with Crippen LogP contribution in [0.5, 0.6) is 0 Å². The molecule has 1 aliphatic carbocycles. The monoisotopic (exact) mass is 213 g/mol. The summed E-state index contributed by atoms with van der Waals surface area (Å²) in [4.78, 5) is 10.7. The number of halogens is 3. The van der Waals surface area contributed by atoms with Crippen LogP contribution in [0.2, 0.25) is 0 Å². The second-order valence-corrected chi connectivity index (χ2v) is 3.89. The van der Waals surface area contributed by atoms with Crippen LogP contribution in [0.4, 0.5) is 12.9 Å². The van der Waals surface area contributed by atoms with E-state index in [1.54, 1.807) is 0 Å². The van der Waals surface area contributed by atoms with Crippen molar-refractivity contribution in [3.8, 4) is 0 Å². The maximum absolute atomic E-state index is 12.3. The molecule has 0 aliphatic heterocycles. The zero-order valence-corrected chi connectivity index (χ0v) is 7.92. The van der Waals surface area contributed by atoms with E-state index in [0.717, 1.165) is 17.7 Å². The smallest absolute Gasteiger partial charge is 0.445 e. The minimum Gasteiger partial charge on any atom is -0.445 e. The third-order valence-corrected chi connectivity index (χ3v) is 2.73. The second-order valence-electron chi connectivity index (χ2n) is 3.89. The van der Waals surface area contributed by atoms with Crippen molar-refractivity contribution in [2.45, 2.75) is 18.8 Å². The minimum atomic E-state index is -4.90. The second kappa shape index (κ2) is 3.40. The SMILES string of the molecule is O=C1CC(c2ccc([B-](F)(F)F)cc2)C1. The van der Waals surface area contributed by atoms with E-state index in [2.05, 4.69) is 0 Å². The number of ketones is 1. The molecule has 0 atom stereocenters. The molecule has 0 heterocycles. The van der Waals surface area contributed by atoms with E-state index >= 15 is 0 Å². The highest BCUT2D eigenvalue weighted by Gasteiger charge is 2.29. The fraction of sp³-hybridized carbons (Fsp3) is 0.300. The molecule has 0 unspecified atom stereocenters. The zero-order chi connectivity index (χ0) is 11.1. The lowest BCUT2D eigenvalue weighted by atomic mass is 9.75. The standard InChI is InChI=1S/C10H9BF3O/c12-11(13,14)9-3-1-7(2-4-9)8-5-10(15)6-8/h1-4,8H,5-6H2/q-1. The van der Waals surface area contributed by atoms with Gasteiger partial charge in [0, 0.05) is 12.8 Å².